The van der Waals surface area contributed by atoms with Gasteiger partial charge in [-0.05, 0) is 50.2 Å². The van der Waals surface area contributed by atoms with Crippen molar-refractivity contribution in [2.45, 2.75) is 29.7 Å². The maximum atomic E-state index is 14.8. The molecule has 0 aliphatic carbocycles. The van der Waals surface area contributed by atoms with Gasteiger partial charge >= 0.3 is 0 Å². The van der Waals surface area contributed by atoms with Crippen LogP contribution < -0.4 is 9.64 Å². The fourth-order valence-electron chi connectivity index (χ4n) is 3.83. The molecule has 1 fully saturated rings. The number of carbonyl (C=O) groups excluding carboxylic acids is 1. The standard InChI is InChI=1S/C24H31FN2O7S2/c1-17(2)34-23-8-6-18(35(4,29)30)15-20(23)24(28)27-11-9-26(10-12-27)22-7-5-19(16-21(22)25)36(31,32)14-13-33-3/h5-8,15-17H,9-14H2,1-4H3. The molecule has 1 amide bonds. The van der Waals surface area contributed by atoms with Crippen molar-refractivity contribution in [3.8, 4) is 5.75 Å². The number of carbonyl (C=O) groups is 1. The Labute approximate surface area is 211 Å². The van der Waals surface area contributed by atoms with Gasteiger partial charge in [-0.15, -0.1) is 0 Å². The summed E-state index contributed by atoms with van der Waals surface area (Å²) in [4.78, 5) is 16.5. The molecule has 1 saturated heterocycles. The molecule has 12 heteroatoms. The van der Waals surface area contributed by atoms with E-state index in [0.29, 0.717) is 18.8 Å². The third-order valence-corrected chi connectivity index (χ3v) is 8.50. The number of benzene rings is 2. The summed E-state index contributed by atoms with van der Waals surface area (Å²) >= 11 is 0. The van der Waals surface area contributed by atoms with E-state index >= 15 is 0 Å². The van der Waals surface area contributed by atoms with Crippen LogP contribution in [0.2, 0.25) is 0 Å². The summed E-state index contributed by atoms with van der Waals surface area (Å²) in [6.07, 6.45) is 0.850. The highest BCUT2D eigenvalue weighted by Gasteiger charge is 2.27. The summed E-state index contributed by atoms with van der Waals surface area (Å²) in [5.41, 5.74) is 0.396. The van der Waals surface area contributed by atoms with Gasteiger partial charge in [0.05, 0.1) is 39.5 Å². The topological polar surface area (TPSA) is 110 Å². The van der Waals surface area contributed by atoms with Crippen molar-refractivity contribution < 1.29 is 35.5 Å². The van der Waals surface area contributed by atoms with Gasteiger partial charge in [0, 0.05) is 39.5 Å². The van der Waals surface area contributed by atoms with Crippen molar-refractivity contribution in [3.05, 3.63) is 47.8 Å². The second-order valence-corrected chi connectivity index (χ2v) is 12.9. The summed E-state index contributed by atoms with van der Waals surface area (Å²) < 4.78 is 74.1. The molecule has 9 nitrogen and oxygen atoms in total. The first-order chi connectivity index (χ1) is 16.8. The first-order valence-electron chi connectivity index (χ1n) is 11.4. The first-order valence-corrected chi connectivity index (χ1v) is 14.9. The Morgan fingerprint density at radius 3 is 2.19 bits per heavy atom. The Bertz CT molecular complexity index is 1320. The summed E-state index contributed by atoms with van der Waals surface area (Å²) in [7, 11) is -5.80. The van der Waals surface area contributed by atoms with E-state index in [4.69, 9.17) is 9.47 Å². The van der Waals surface area contributed by atoms with E-state index in [1.165, 1.54) is 37.4 Å². The molecular weight excluding hydrogens is 511 g/mol. The summed E-state index contributed by atoms with van der Waals surface area (Å²) in [6.45, 7) is 4.76. The molecule has 1 aliphatic rings. The van der Waals surface area contributed by atoms with Gasteiger partial charge in [0.15, 0.2) is 19.7 Å². The highest BCUT2D eigenvalue weighted by atomic mass is 32.2. The number of halogens is 1. The lowest BCUT2D eigenvalue weighted by molar-refractivity contribution is 0.0740. The highest BCUT2D eigenvalue weighted by molar-refractivity contribution is 7.91. The predicted octanol–water partition coefficient (Wildman–Crippen LogP) is 2.40. The Balaban J connectivity index is 1.77. The van der Waals surface area contributed by atoms with Crippen molar-refractivity contribution in [3.63, 3.8) is 0 Å². The lowest BCUT2D eigenvalue weighted by Crippen LogP contribution is -2.49. The van der Waals surface area contributed by atoms with Crippen molar-refractivity contribution in [2.24, 2.45) is 0 Å². The van der Waals surface area contributed by atoms with Crippen molar-refractivity contribution in [1.29, 1.82) is 0 Å². The second kappa shape index (κ2) is 11.1. The molecule has 0 aromatic heterocycles. The normalized spacial score (nSPS) is 14.8. The van der Waals surface area contributed by atoms with Crippen molar-refractivity contribution in [1.82, 2.24) is 4.90 Å². The van der Waals surface area contributed by atoms with Gasteiger partial charge in [-0.1, -0.05) is 0 Å². The molecule has 0 radical (unpaired) electrons. The van der Waals surface area contributed by atoms with Crippen molar-refractivity contribution in [2.75, 3.05) is 56.8 Å². The number of hydrogen-bond acceptors (Lipinski definition) is 8. The van der Waals surface area contributed by atoms with E-state index in [2.05, 4.69) is 0 Å². The van der Waals surface area contributed by atoms with E-state index in [1.807, 2.05) is 0 Å². The van der Waals surface area contributed by atoms with Gasteiger partial charge in [0.1, 0.15) is 11.6 Å². The molecule has 0 atom stereocenters. The lowest BCUT2D eigenvalue weighted by atomic mass is 10.1. The second-order valence-electron chi connectivity index (χ2n) is 8.80. The molecule has 0 bridgehead atoms. The largest absolute Gasteiger partial charge is 0.490 e. The maximum absolute atomic E-state index is 14.8. The Kier molecular flexibility index (Phi) is 8.63. The molecule has 1 aliphatic heterocycles. The quantitative estimate of drug-likeness (QED) is 0.475. The van der Waals surface area contributed by atoms with E-state index in [0.717, 1.165) is 12.3 Å². The van der Waals surface area contributed by atoms with Crippen LogP contribution in [0.4, 0.5) is 10.1 Å². The average molecular weight is 543 g/mol. The monoisotopic (exact) mass is 542 g/mol. The molecule has 0 spiro atoms. The Morgan fingerprint density at radius 1 is 1.00 bits per heavy atom. The SMILES string of the molecule is COCCS(=O)(=O)c1ccc(N2CCN(C(=O)c3cc(S(C)(=O)=O)ccc3OC(C)C)CC2)c(F)c1. The third-order valence-electron chi connectivity index (χ3n) is 5.71. The van der Waals surface area contributed by atoms with Gasteiger partial charge < -0.3 is 19.3 Å². The molecule has 3 rings (SSSR count). The molecule has 0 N–H and O–H groups in total. The molecular formula is C24H31FN2O7S2. The molecule has 2 aromatic rings. The number of nitrogens with zero attached hydrogens (tertiary/aromatic N) is 2. The number of methoxy groups -OCH3 is 1. The van der Waals surface area contributed by atoms with Gasteiger partial charge in [-0.2, -0.15) is 0 Å². The molecule has 2 aromatic carbocycles. The molecule has 0 unspecified atom stereocenters. The van der Waals surface area contributed by atoms with Crippen molar-refractivity contribution >= 4 is 31.3 Å². The molecule has 1 heterocycles. The van der Waals surface area contributed by atoms with Crippen LogP contribution in [-0.2, 0) is 24.4 Å². The molecule has 198 valence electrons. The number of sulfone groups is 2. The zero-order valence-corrected chi connectivity index (χ0v) is 22.4. The van der Waals surface area contributed by atoms with Gasteiger partial charge in [-0.25, -0.2) is 21.2 Å². The van der Waals surface area contributed by atoms with Crippen LogP contribution >= 0.6 is 0 Å². The minimum absolute atomic E-state index is 0.0126. The van der Waals surface area contributed by atoms with Crippen LogP contribution in [0.5, 0.6) is 5.75 Å². The minimum Gasteiger partial charge on any atom is -0.490 e. The number of piperazine rings is 1. The maximum Gasteiger partial charge on any atom is 0.257 e. The summed E-state index contributed by atoms with van der Waals surface area (Å²) in [5.74, 6) is -0.995. The van der Waals surface area contributed by atoms with E-state index < -0.39 is 25.5 Å². The van der Waals surface area contributed by atoms with Crippen LogP contribution in [0.3, 0.4) is 0 Å². The fourth-order valence-corrected chi connectivity index (χ4v) is 5.66. The van der Waals surface area contributed by atoms with Gasteiger partial charge in [-0.3, -0.25) is 4.79 Å². The van der Waals surface area contributed by atoms with Crippen LogP contribution in [0, 0.1) is 5.82 Å². The smallest absolute Gasteiger partial charge is 0.257 e. The Morgan fingerprint density at radius 2 is 1.64 bits per heavy atom. The summed E-state index contributed by atoms with van der Waals surface area (Å²) in [5, 5.41) is 0. The number of hydrogen-bond donors (Lipinski definition) is 0. The lowest BCUT2D eigenvalue weighted by Gasteiger charge is -2.36. The Hall–Kier alpha value is -2.70. The van der Waals surface area contributed by atoms with Gasteiger partial charge in [0.25, 0.3) is 5.91 Å². The summed E-state index contributed by atoms with van der Waals surface area (Å²) in [6, 6.07) is 8.01. The average Bonchev–Trinajstić information content (AvgIpc) is 2.81. The van der Waals surface area contributed by atoms with Crippen LogP contribution in [0.15, 0.2) is 46.2 Å². The van der Waals surface area contributed by atoms with E-state index in [1.54, 1.807) is 23.6 Å². The van der Waals surface area contributed by atoms with Crippen LogP contribution in [0.25, 0.3) is 0 Å². The highest BCUT2D eigenvalue weighted by Crippen LogP contribution is 2.28. The molecule has 0 saturated carbocycles. The van der Waals surface area contributed by atoms with Gasteiger partial charge in [0.2, 0.25) is 0 Å². The zero-order valence-electron chi connectivity index (χ0n) is 20.7. The number of rotatable bonds is 9. The first kappa shape index (κ1) is 27.9. The number of amides is 1. The minimum atomic E-state index is -3.66. The molecule has 36 heavy (non-hydrogen) atoms. The fraction of sp³-hybridized carbons (Fsp3) is 0.458. The third kappa shape index (κ3) is 6.54. The van der Waals surface area contributed by atoms with Crippen LogP contribution in [0.1, 0.15) is 24.2 Å². The number of anilines is 1. The number of ether oxygens (including phenoxy) is 2. The zero-order chi connectivity index (χ0) is 26.7. The van der Waals surface area contributed by atoms with E-state index in [9.17, 15) is 26.0 Å². The predicted molar refractivity (Wildman–Crippen MR) is 134 cm³/mol. The van der Waals surface area contributed by atoms with E-state index in [-0.39, 0.29) is 58.5 Å². The van der Waals surface area contributed by atoms with Crippen LogP contribution in [-0.4, -0.2) is 85.7 Å².